The van der Waals surface area contributed by atoms with Crippen LogP contribution in [0.3, 0.4) is 0 Å². The van der Waals surface area contributed by atoms with E-state index in [2.05, 4.69) is 27.5 Å². The predicted molar refractivity (Wildman–Crippen MR) is 102 cm³/mol. The molecule has 2 N–H and O–H groups in total. The number of hydrogen-bond donors (Lipinski definition) is 2. The van der Waals surface area contributed by atoms with E-state index in [-0.39, 0.29) is 34.6 Å². The molecule has 29 heavy (non-hydrogen) atoms. The number of nitro groups is 1. The minimum Gasteiger partial charge on any atom is -0.442 e. The molecule has 2 aromatic heterocycles. The molecule has 0 bridgehead atoms. The van der Waals surface area contributed by atoms with Gasteiger partial charge in [0.1, 0.15) is 23.7 Å². The van der Waals surface area contributed by atoms with E-state index in [0.717, 1.165) is 31.0 Å². The van der Waals surface area contributed by atoms with Gasteiger partial charge in [0, 0.05) is 29.8 Å². The van der Waals surface area contributed by atoms with Crippen LogP contribution in [0.5, 0.6) is 0 Å². The number of amides is 1. The molecule has 0 radical (unpaired) electrons. The number of non-ortho nitro benzene ring substituents is 1. The Hall–Kier alpha value is -3.56. The molecule has 2 heterocycles. The zero-order valence-electron chi connectivity index (χ0n) is 15.8. The van der Waals surface area contributed by atoms with Gasteiger partial charge in [-0.15, -0.1) is 0 Å². The zero-order valence-corrected chi connectivity index (χ0v) is 15.8. The fourth-order valence-corrected chi connectivity index (χ4v) is 3.08. The highest BCUT2D eigenvalue weighted by atomic mass is 19.1. The number of carbonyl (C=O) groups is 1. The molecule has 0 aliphatic heterocycles. The van der Waals surface area contributed by atoms with Crippen molar-refractivity contribution in [1.82, 2.24) is 15.3 Å². The molecule has 0 spiro atoms. The first kappa shape index (κ1) is 18.8. The van der Waals surface area contributed by atoms with Crippen LogP contribution in [-0.2, 0) is 6.54 Å². The number of furan rings is 1. The second-order valence-electron chi connectivity index (χ2n) is 7.34. The Labute approximate surface area is 164 Å². The normalized spacial score (nSPS) is 14.6. The lowest BCUT2D eigenvalue weighted by Crippen LogP contribution is -2.24. The van der Waals surface area contributed by atoms with E-state index in [1.54, 1.807) is 6.92 Å². The number of aryl methyl sites for hydroxylation is 1. The Morgan fingerprint density at radius 3 is 2.83 bits per heavy atom. The molecule has 3 aromatic rings. The predicted octanol–water partition coefficient (Wildman–Crippen LogP) is 3.47. The molecule has 4 rings (SSSR count). The maximum Gasteiger partial charge on any atom is 0.269 e. The Balaban J connectivity index is 1.63. The molecule has 1 aromatic carbocycles. The number of fused-ring (bicyclic) bond motifs is 1. The number of hydrogen-bond acceptors (Lipinski definition) is 7. The third-order valence-corrected chi connectivity index (χ3v) is 4.99. The first-order valence-corrected chi connectivity index (χ1v) is 9.01. The number of halogens is 1. The van der Waals surface area contributed by atoms with Gasteiger partial charge in [-0.25, -0.2) is 14.4 Å². The lowest BCUT2D eigenvalue weighted by atomic mass is 10.1. The summed E-state index contributed by atoms with van der Waals surface area (Å²) in [4.78, 5) is 31.5. The van der Waals surface area contributed by atoms with Gasteiger partial charge >= 0.3 is 0 Å². The fraction of sp³-hybridized carbons (Fsp3) is 0.316. The highest BCUT2D eigenvalue weighted by Gasteiger charge is 2.38. The molecule has 10 heteroatoms. The van der Waals surface area contributed by atoms with Crippen LogP contribution in [0.1, 0.15) is 41.4 Å². The summed E-state index contributed by atoms with van der Waals surface area (Å²) < 4.78 is 19.6. The Morgan fingerprint density at radius 2 is 2.14 bits per heavy atom. The first-order valence-electron chi connectivity index (χ1n) is 9.01. The number of nitrogens with one attached hydrogen (secondary N) is 2. The van der Waals surface area contributed by atoms with Crippen LogP contribution in [-0.4, -0.2) is 26.3 Å². The molecule has 1 aliphatic rings. The van der Waals surface area contributed by atoms with Crippen molar-refractivity contribution in [2.24, 2.45) is 0 Å². The number of benzene rings is 1. The number of rotatable bonds is 6. The van der Waals surface area contributed by atoms with Gasteiger partial charge in [0.05, 0.1) is 15.9 Å². The highest BCUT2D eigenvalue weighted by Crippen LogP contribution is 2.40. The second-order valence-corrected chi connectivity index (χ2v) is 7.34. The molecule has 9 nitrogen and oxygen atoms in total. The van der Waals surface area contributed by atoms with Gasteiger partial charge in [0.25, 0.3) is 11.6 Å². The van der Waals surface area contributed by atoms with Crippen molar-refractivity contribution < 1.29 is 18.5 Å². The second kappa shape index (κ2) is 6.80. The van der Waals surface area contributed by atoms with Crippen LogP contribution < -0.4 is 10.6 Å². The molecule has 0 atom stereocenters. The molecule has 0 saturated heterocycles. The van der Waals surface area contributed by atoms with E-state index in [0.29, 0.717) is 17.0 Å². The van der Waals surface area contributed by atoms with Crippen molar-refractivity contribution in [2.75, 3.05) is 5.32 Å². The summed E-state index contributed by atoms with van der Waals surface area (Å²) in [6.45, 7) is 3.47. The van der Waals surface area contributed by atoms with Crippen LogP contribution in [0, 0.1) is 22.9 Å². The van der Waals surface area contributed by atoms with Crippen LogP contribution in [0.2, 0.25) is 0 Å². The molecule has 1 fully saturated rings. The summed E-state index contributed by atoms with van der Waals surface area (Å²) in [6, 6.07) is 3.17. The Morgan fingerprint density at radius 1 is 1.38 bits per heavy atom. The van der Waals surface area contributed by atoms with Crippen LogP contribution in [0.4, 0.5) is 15.9 Å². The standard InChI is InChI=1S/C19H18FN5O4/c1-10-14(15-16(24-19(2)5-6-19)22-9-23-18(15)29-10)17(26)21-8-11-7-12(25(27)28)3-4-13(11)20/h3-4,7,9H,5-6,8H2,1-2H3,(H,21,26)(H,22,23,24). The van der Waals surface area contributed by atoms with E-state index in [1.165, 1.54) is 6.33 Å². The van der Waals surface area contributed by atoms with Gasteiger partial charge in [0.2, 0.25) is 5.71 Å². The largest absolute Gasteiger partial charge is 0.442 e. The van der Waals surface area contributed by atoms with E-state index < -0.39 is 16.6 Å². The molecular weight excluding hydrogens is 381 g/mol. The van der Waals surface area contributed by atoms with Gasteiger partial charge in [-0.2, -0.15) is 0 Å². The van der Waals surface area contributed by atoms with Gasteiger partial charge in [-0.3, -0.25) is 14.9 Å². The third kappa shape index (κ3) is 3.60. The average molecular weight is 399 g/mol. The number of aromatic nitrogens is 2. The van der Waals surface area contributed by atoms with E-state index >= 15 is 0 Å². The summed E-state index contributed by atoms with van der Waals surface area (Å²) in [6.07, 6.45) is 3.34. The van der Waals surface area contributed by atoms with Crippen molar-refractivity contribution >= 4 is 28.5 Å². The Kier molecular flexibility index (Phi) is 4.40. The average Bonchev–Trinajstić information content (AvgIpc) is 3.28. The monoisotopic (exact) mass is 399 g/mol. The van der Waals surface area contributed by atoms with Gasteiger partial charge < -0.3 is 15.1 Å². The van der Waals surface area contributed by atoms with Crippen molar-refractivity contribution in [2.45, 2.75) is 38.8 Å². The number of carbonyl (C=O) groups excluding carboxylic acids is 1. The number of nitro benzene ring substituents is 1. The lowest BCUT2D eigenvalue weighted by molar-refractivity contribution is -0.385. The fourth-order valence-electron chi connectivity index (χ4n) is 3.08. The number of anilines is 1. The molecule has 0 unspecified atom stereocenters. The smallest absolute Gasteiger partial charge is 0.269 e. The van der Waals surface area contributed by atoms with Crippen molar-refractivity contribution in [3.05, 3.63) is 57.3 Å². The molecule has 1 aliphatic carbocycles. The first-order chi connectivity index (χ1) is 13.8. The van der Waals surface area contributed by atoms with Gasteiger partial charge in [-0.1, -0.05) is 0 Å². The van der Waals surface area contributed by atoms with Crippen molar-refractivity contribution in [1.29, 1.82) is 0 Å². The summed E-state index contributed by atoms with van der Waals surface area (Å²) in [5, 5.41) is 17.3. The summed E-state index contributed by atoms with van der Waals surface area (Å²) in [5.74, 6) is -0.303. The maximum atomic E-state index is 14.0. The Bertz CT molecular complexity index is 1140. The van der Waals surface area contributed by atoms with Gasteiger partial charge in [0.15, 0.2) is 0 Å². The topological polar surface area (TPSA) is 123 Å². The van der Waals surface area contributed by atoms with Crippen LogP contribution in [0.25, 0.3) is 11.1 Å². The van der Waals surface area contributed by atoms with Crippen LogP contribution >= 0.6 is 0 Å². The van der Waals surface area contributed by atoms with Crippen molar-refractivity contribution in [3.63, 3.8) is 0 Å². The van der Waals surface area contributed by atoms with E-state index in [4.69, 9.17) is 4.42 Å². The number of nitrogens with zero attached hydrogens (tertiary/aromatic N) is 3. The minimum atomic E-state index is -0.642. The van der Waals surface area contributed by atoms with Crippen molar-refractivity contribution in [3.8, 4) is 0 Å². The summed E-state index contributed by atoms with van der Waals surface area (Å²) in [7, 11) is 0. The lowest BCUT2D eigenvalue weighted by Gasteiger charge is -2.13. The van der Waals surface area contributed by atoms with E-state index in [1.807, 2.05) is 0 Å². The van der Waals surface area contributed by atoms with E-state index in [9.17, 15) is 19.3 Å². The molecule has 1 saturated carbocycles. The molecular formula is C19H18FN5O4. The van der Waals surface area contributed by atoms with Crippen LogP contribution in [0.15, 0.2) is 28.9 Å². The quantitative estimate of drug-likeness (QED) is 0.480. The van der Waals surface area contributed by atoms with Gasteiger partial charge in [-0.05, 0) is 32.8 Å². The molecule has 150 valence electrons. The third-order valence-electron chi connectivity index (χ3n) is 4.99. The maximum absolute atomic E-state index is 14.0. The minimum absolute atomic E-state index is 0.0121. The summed E-state index contributed by atoms with van der Waals surface area (Å²) in [5.41, 5.74) is 0.206. The zero-order chi connectivity index (χ0) is 20.8. The highest BCUT2D eigenvalue weighted by molar-refractivity contribution is 6.10. The SMILES string of the molecule is Cc1oc2ncnc(NC3(C)CC3)c2c1C(=O)NCc1cc([N+](=O)[O-])ccc1F. The summed E-state index contributed by atoms with van der Waals surface area (Å²) >= 11 is 0. The molecule has 1 amide bonds.